The first-order valence-electron chi connectivity index (χ1n) is 9.65. The maximum Gasteiger partial charge on any atom is 0.283 e. The number of amides is 2. The first-order valence-corrected chi connectivity index (χ1v) is 10.8. The topological polar surface area (TPSA) is 49.4 Å². The van der Waals surface area contributed by atoms with Gasteiger partial charge in [0, 0.05) is 9.92 Å². The highest BCUT2D eigenvalue weighted by molar-refractivity contribution is 8.04. The number of benzene rings is 3. The summed E-state index contributed by atoms with van der Waals surface area (Å²) in [7, 11) is 0. The number of carbonyl (C=O) groups is 2. The number of para-hydroxylation sites is 1. The summed E-state index contributed by atoms with van der Waals surface area (Å²) in [6, 6.07) is 20.2. The molecule has 1 aliphatic rings. The quantitative estimate of drug-likeness (QED) is 0.464. The molecule has 0 fully saturated rings. The predicted octanol–water partition coefficient (Wildman–Crippen LogP) is 6.03. The van der Waals surface area contributed by atoms with Crippen LogP contribution in [0.5, 0.6) is 0 Å². The van der Waals surface area contributed by atoms with Crippen LogP contribution in [0.4, 0.5) is 15.8 Å². The molecule has 0 aliphatic carbocycles. The lowest BCUT2D eigenvalue weighted by molar-refractivity contribution is -0.120. The van der Waals surface area contributed by atoms with Crippen molar-refractivity contribution in [3.05, 3.63) is 99.8 Å². The van der Waals surface area contributed by atoms with Crippen molar-refractivity contribution in [3.8, 4) is 0 Å². The van der Waals surface area contributed by atoms with Crippen LogP contribution >= 0.6 is 23.4 Å². The number of halogens is 2. The molecule has 31 heavy (non-hydrogen) atoms. The van der Waals surface area contributed by atoms with Crippen LogP contribution in [0, 0.1) is 5.82 Å². The fourth-order valence-electron chi connectivity index (χ4n) is 3.15. The molecular weight excluding hydrogens is 435 g/mol. The maximum atomic E-state index is 14.3. The third-order valence-corrected chi connectivity index (χ3v) is 6.15. The van der Waals surface area contributed by atoms with Crippen molar-refractivity contribution in [2.45, 2.75) is 18.2 Å². The zero-order chi connectivity index (χ0) is 22.0. The number of anilines is 2. The molecule has 3 aromatic rings. The van der Waals surface area contributed by atoms with Gasteiger partial charge in [0.05, 0.1) is 11.4 Å². The van der Waals surface area contributed by atoms with E-state index in [0.29, 0.717) is 10.7 Å². The van der Waals surface area contributed by atoms with Gasteiger partial charge in [0.1, 0.15) is 16.4 Å². The Morgan fingerprint density at radius 1 is 0.935 bits per heavy atom. The monoisotopic (exact) mass is 452 g/mol. The molecule has 4 rings (SSSR count). The zero-order valence-corrected chi connectivity index (χ0v) is 18.1. The number of imide groups is 1. The lowest BCUT2D eigenvalue weighted by atomic mass is 10.1. The van der Waals surface area contributed by atoms with Crippen LogP contribution in [-0.4, -0.2) is 11.8 Å². The molecule has 7 heteroatoms. The molecule has 156 valence electrons. The van der Waals surface area contributed by atoms with Gasteiger partial charge in [-0.05, 0) is 60.5 Å². The Kier molecular flexibility index (Phi) is 6.11. The van der Waals surface area contributed by atoms with Crippen molar-refractivity contribution in [2.24, 2.45) is 0 Å². The molecule has 0 spiro atoms. The van der Waals surface area contributed by atoms with Gasteiger partial charge in [0.2, 0.25) is 0 Å². The molecule has 1 N–H and O–H groups in total. The fourth-order valence-corrected chi connectivity index (χ4v) is 4.20. The van der Waals surface area contributed by atoms with E-state index < -0.39 is 17.6 Å². The molecule has 0 unspecified atom stereocenters. The largest absolute Gasteiger partial charge is 0.348 e. The number of carbonyl (C=O) groups excluding carboxylic acids is 2. The maximum absolute atomic E-state index is 14.3. The van der Waals surface area contributed by atoms with Gasteiger partial charge in [-0.2, -0.15) is 0 Å². The summed E-state index contributed by atoms with van der Waals surface area (Å²) in [4.78, 5) is 28.6. The number of hydrogen-bond acceptors (Lipinski definition) is 4. The minimum Gasteiger partial charge on any atom is -0.348 e. The first kappa shape index (κ1) is 21.2. The summed E-state index contributed by atoms with van der Waals surface area (Å²) in [6.45, 7) is 2.03. The normalized spacial score (nSPS) is 13.8. The Balaban J connectivity index is 1.74. The lowest BCUT2D eigenvalue weighted by Gasteiger charge is -2.16. The van der Waals surface area contributed by atoms with E-state index in [1.807, 2.05) is 19.1 Å². The van der Waals surface area contributed by atoms with E-state index in [1.54, 1.807) is 48.5 Å². The number of nitrogens with zero attached hydrogens (tertiary/aromatic N) is 1. The highest BCUT2D eigenvalue weighted by Crippen LogP contribution is 2.38. The van der Waals surface area contributed by atoms with Crippen LogP contribution in [0.3, 0.4) is 0 Å². The second kappa shape index (κ2) is 8.96. The molecule has 1 heterocycles. The van der Waals surface area contributed by atoms with Crippen molar-refractivity contribution < 1.29 is 14.0 Å². The zero-order valence-electron chi connectivity index (χ0n) is 16.6. The fraction of sp³-hybridized carbons (Fsp3) is 0.0833. The first-order chi connectivity index (χ1) is 15.0. The van der Waals surface area contributed by atoms with Crippen LogP contribution in [0.1, 0.15) is 12.5 Å². The van der Waals surface area contributed by atoms with Gasteiger partial charge >= 0.3 is 0 Å². The second-order valence-corrected chi connectivity index (χ2v) is 8.35. The SMILES string of the molecule is CCc1ccc(N2C(=O)C(Nc3ccccc3F)=C(Sc3ccc(Cl)cc3)C2=O)cc1. The molecule has 1 aliphatic heterocycles. The Morgan fingerprint density at radius 3 is 2.26 bits per heavy atom. The molecular formula is C24H18ClFN2O2S. The molecule has 0 aromatic heterocycles. The predicted molar refractivity (Wildman–Crippen MR) is 123 cm³/mol. The Labute approximate surface area is 188 Å². The van der Waals surface area contributed by atoms with E-state index in [2.05, 4.69) is 5.32 Å². The lowest BCUT2D eigenvalue weighted by Crippen LogP contribution is -2.32. The van der Waals surface area contributed by atoms with E-state index in [0.717, 1.165) is 33.5 Å². The molecule has 0 atom stereocenters. The van der Waals surface area contributed by atoms with E-state index in [1.165, 1.54) is 12.1 Å². The third kappa shape index (κ3) is 4.36. The molecule has 3 aromatic carbocycles. The van der Waals surface area contributed by atoms with Crippen LogP contribution in [0.2, 0.25) is 5.02 Å². The smallest absolute Gasteiger partial charge is 0.283 e. The minimum atomic E-state index is -0.533. The van der Waals surface area contributed by atoms with Gasteiger partial charge in [0.15, 0.2) is 0 Å². The summed E-state index contributed by atoms with van der Waals surface area (Å²) in [5.41, 5.74) is 1.72. The minimum absolute atomic E-state index is 0.0367. The molecule has 2 amide bonds. The Hall–Kier alpha value is -3.09. The highest BCUT2D eigenvalue weighted by Gasteiger charge is 2.40. The van der Waals surface area contributed by atoms with Gasteiger partial charge in [-0.1, -0.05) is 54.6 Å². The van der Waals surface area contributed by atoms with Crippen molar-refractivity contribution in [2.75, 3.05) is 10.2 Å². The van der Waals surface area contributed by atoms with E-state index in [4.69, 9.17) is 11.6 Å². The van der Waals surface area contributed by atoms with Gasteiger partial charge in [-0.15, -0.1) is 0 Å². The standard InChI is InChI=1S/C24H18ClFN2O2S/c1-2-15-7-11-17(12-8-15)28-23(29)21(27-20-6-4-3-5-19(20)26)22(24(28)30)31-18-13-9-16(25)10-14-18/h3-14,27H,2H2,1H3. The summed E-state index contributed by atoms with van der Waals surface area (Å²) in [5, 5.41) is 3.40. The molecule has 0 saturated carbocycles. The van der Waals surface area contributed by atoms with Crippen molar-refractivity contribution in [1.82, 2.24) is 0 Å². The third-order valence-electron chi connectivity index (χ3n) is 4.81. The van der Waals surface area contributed by atoms with Crippen LogP contribution in [0.15, 0.2) is 88.3 Å². The second-order valence-electron chi connectivity index (χ2n) is 6.83. The summed E-state index contributed by atoms with van der Waals surface area (Å²) in [6.07, 6.45) is 0.845. The van der Waals surface area contributed by atoms with E-state index in [-0.39, 0.29) is 16.3 Å². The van der Waals surface area contributed by atoms with Crippen molar-refractivity contribution >= 4 is 46.6 Å². The average Bonchev–Trinajstić information content (AvgIpc) is 3.01. The summed E-state index contributed by atoms with van der Waals surface area (Å²) >= 11 is 7.09. The van der Waals surface area contributed by atoms with Crippen LogP contribution in [-0.2, 0) is 16.0 Å². The number of thioether (sulfide) groups is 1. The Morgan fingerprint density at radius 2 is 1.61 bits per heavy atom. The molecule has 0 bridgehead atoms. The average molecular weight is 453 g/mol. The van der Waals surface area contributed by atoms with E-state index >= 15 is 0 Å². The number of nitrogens with one attached hydrogen (secondary N) is 1. The number of aryl methyl sites for hydroxylation is 1. The van der Waals surface area contributed by atoms with Crippen LogP contribution < -0.4 is 10.2 Å². The number of rotatable bonds is 6. The summed E-state index contributed by atoms with van der Waals surface area (Å²) in [5.74, 6) is -1.51. The van der Waals surface area contributed by atoms with Gasteiger partial charge in [-0.25, -0.2) is 9.29 Å². The van der Waals surface area contributed by atoms with Crippen molar-refractivity contribution in [3.63, 3.8) is 0 Å². The Bertz CT molecular complexity index is 1180. The van der Waals surface area contributed by atoms with Crippen molar-refractivity contribution in [1.29, 1.82) is 0 Å². The van der Waals surface area contributed by atoms with Crippen LogP contribution in [0.25, 0.3) is 0 Å². The molecule has 4 nitrogen and oxygen atoms in total. The van der Waals surface area contributed by atoms with Gasteiger partial charge in [0.25, 0.3) is 11.8 Å². The van der Waals surface area contributed by atoms with Gasteiger partial charge in [-0.3, -0.25) is 9.59 Å². The highest BCUT2D eigenvalue weighted by atomic mass is 35.5. The molecule has 0 saturated heterocycles. The molecule has 0 radical (unpaired) electrons. The number of hydrogen-bond donors (Lipinski definition) is 1. The van der Waals surface area contributed by atoms with Gasteiger partial charge < -0.3 is 5.32 Å². The van der Waals surface area contributed by atoms with E-state index in [9.17, 15) is 14.0 Å². The summed E-state index contributed by atoms with van der Waals surface area (Å²) < 4.78 is 14.3.